The van der Waals surface area contributed by atoms with E-state index in [1.807, 2.05) is 26.0 Å². The third-order valence-corrected chi connectivity index (χ3v) is 3.60. The van der Waals surface area contributed by atoms with E-state index in [4.69, 9.17) is 0 Å². The van der Waals surface area contributed by atoms with Gasteiger partial charge in [0.25, 0.3) is 5.69 Å². The van der Waals surface area contributed by atoms with Crippen LogP contribution in [-0.4, -0.2) is 23.0 Å². The first kappa shape index (κ1) is 18.8. The zero-order valence-corrected chi connectivity index (χ0v) is 14.4. The van der Waals surface area contributed by atoms with Gasteiger partial charge in [-0.05, 0) is 37.1 Å². The molecule has 0 heterocycles. The molecule has 134 valence electrons. The van der Waals surface area contributed by atoms with Crippen LogP contribution in [0.4, 0.5) is 11.4 Å². The third-order valence-electron chi connectivity index (χ3n) is 3.60. The van der Waals surface area contributed by atoms with Gasteiger partial charge in [-0.15, -0.1) is 0 Å². The van der Waals surface area contributed by atoms with Crippen molar-refractivity contribution in [3.05, 3.63) is 69.3 Å². The monoisotopic (exact) mass is 354 g/mol. The van der Waals surface area contributed by atoms with Crippen LogP contribution in [0.1, 0.15) is 23.1 Å². The predicted molar refractivity (Wildman–Crippen MR) is 98.0 cm³/mol. The largest absolute Gasteiger partial charge is 0.326 e. The molecule has 2 rings (SSSR count). The molecule has 0 saturated carbocycles. The van der Waals surface area contributed by atoms with Crippen molar-refractivity contribution in [2.24, 2.45) is 5.10 Å². The van der Waals surface area contributed by atoms with Gasteiger partial charge in [-0.3, -0.25) is 19.7 Å². The molecule has 8 nitrogen and oxygen atoms in total. The summed E-state index contributed by atoms with van der Waals surface area (Å²) in [6.45, 7) is 3.90. The predicted octanol–water partition coefficient (Wildman–Crippen LogP) is 2.69. The van der Waals surface area contributed by atoms with Gasteiger partial charge in [0.2, 0.25) is 11.8 Å². The number of aryl methyl sites for hydroxylation is 2. The summed E-state index contributed by atoms with van der Waals surface area (Å²) in [6.07, 6.45) is 0.880. The fourth-order valence-corrected chi connectivity index (χ4v) is 2.11. The lowest BCUT2D eigenvalue weighted by Gasteiger charge is -2.07. The lowest BCUT2D eigenvalue weighted by Crippen LogP contribution is -2.24. The van der Waals surface area contributed by atoms with Gasteiger partial charge in [-0.2, -0.15) is 5.10 Å². The lowest BCUT2D eigenvalue weighted by atomic mass is 10.1. The van der Waals surface area contributed by atoms with E-state index >= 15 is 0 Å². The minimum Gasteiger partial charge on any atom is -0.326 e. The Morgan fingerprint density at radius 1 is 1.12 bits per heavy atom. The fraction of sp³-hybridized carbons (Fsp3) is 0.167. The van der Waals surface area contributed by atoms with Crippen molar-refractivity contribution in [2.45, 2.75) is 20.3 Å². The maximum atomic E-state index is 11.9. The van der Waals surface area contributed by atoms with Crippen molar-refractivity contribution in [1.29, 1.82) is 0 Å². The quantitative estimate of drug-likeness (QED) is 0.359. The highest BCUT2D eigenvalue weighted by molar-refractivity contribution is 6.03. The van der Waals surface area contributed by atoms with Crippen molar-refractivity contribution in [3.63, 3.8) is 0 Å². The number of nitro benzene ring substituents is 1. The van der Waals surface area contributed by atoms with Crippen molar-refractivity contribution in [3.8, 4) is 0 Å². The van der Waals surface area contributed by atoms with Gasteiger partial charge in [-0.25, -0.2) is 5.43 Å². The number of carbonyl (C=O) groups is 2. The molecule has 0 aliphatic heterocycles. The van der Waals surface area contributed by atoms with Gasteiger partial charge < -0.3 is 5.32 Å². The van der Waals surface area contributed by atoms with Crippen LogP contribution in [0.3, 0.4) is 0 Å². The minimum absolute atomic E-state index is 0.0759. The van der Waals surface area contributed by atoms with Crippen LogP contribution in [-0.2, 0) is 9.59 Å². The number of nitrogens with one attached hydrogen (secondary N) is 2. The molecule has 0 aromatic heterocycles. The van der Waals surface area contributed by atoms with Crippen LogP contribution in [0, 0.1) is 24.0 Å². The molecule has 0 radical (unpaired) electrons. The Balaban J connectivity index is 1.86. The molecule has 0 saturated heterocycles. The SMILES string of the molecule is Cc1ccc(NC(=O)CC(=O)NN=Cc2cccc([N+](=O)[O-])c2)cc1C. The number of rotatable bonds is 6. The maximum Gasteiger partial charge on any atom is 0.270 e. The molecule has 0 atom stereocenters. The first-order valence-corrected chi connectivity index (χ1v) is 7.78. The molecule has 2 aromatic carbocycles. The van der Waals surface area contributed by atoms with Gasteiger partial charge in [0.15, 0.2) is 0 Å². The number of benzene rings is 2. The molecule has 0 bridgehead atoms. The summed E-state index contributed by atoms with van der Waals surface area (Å²) in [7, 11) is 0. The van der Waals surface area contributed by atoms with E-state index in [0.29, 0.717) is 11.3 Å². The number of carbonyl (C=O) groups excluding carboxylic acids is 2. The van der Waals surface area contributed by atoms with E-state index in [0.717, 1.165) is 11.1 Å². The summed E-state index contributed by atoms with van der Waals surface area (Å²) in [5, 5.41) is 17.0. The van der Waals surface area contributed by atoms with Crippen LogP contribution in [0.2, 0.25) is 0 Å². The smallest absolute Gasteiger partial charge is 0.270 e. The number of hydrazone groups is 1. The maximum absolute atomic E-state index is 11.9. The van der Waals surface area contributed by atoms with Crippen LogP contribution in [0.5, 0.6) is 0 Å². The van der Waals surface area contributed by atoms with Crippen molar-refractivity contribution >= 4 is 29.4 Å². The summed E-state index contributed by atoms with van der Waals surface area (Å²) in [5.74, 6) is -1.05. The Hall–Kier alpha value is -3.55. The summed E-state index contributed by atoms with van der Waals surface area (Å²) in [5.41, 5.74) is 5.36. The molecule has 0 aliphatic carbocycles. The van der Waals surface area contributed by atoms with E-state index < -0.39 is 16.7 Å². The first-order chi connectivity index (χ1) is 12.3. The molecule has 8 heteroatoms. The summed E-state index contributed by atoms with van der Waals surface area (Å²) < 4.78 is 0. The molecule has 2 N–H and O–H groups in total. The highest BCUT2D eigenvalue weighted by Crippen LogP contribution is 2.14. The second-order valence-corrected chi connectivity index (χ2v) is 5.67. The Kier molecular flexibility index (Phi) is 6.15. The summed E-state index contributed by atoms with van der Waals surface area (Å²) >= 11 is 0. The van der Waals surface area contributed by atoms with Crippen molar-refractivity contribution < 1.29 is 14.5 Å². The number of anilines is 1. The van der Waals surface area contributed by atoms with Crippen LogP contribution < -0.4 is 10.7 Å². The van der Waals surface area contributed by atoms with Crippen LogP contribution >= 0.6 is 0 Å². The lowest BCUT2D eigenvalue weighted by molar-refractivity contribution is -0.384. The molecule has 0 spiro atoms. The van der Waals surface area contributed by atoms with Gasteiger partial charge in [-0.1, -0.05) is 18.2 Å². The van der Waals surface area contributed by atoms with Crippen LogP contribution in [0.15, 0.2) is 47.6 Å². The zero-order chi connectivity index (χ0) is 19.1. The average molecular weight is 354 g/mol. The highest BCUT2D eigenvalue weighted by atomic mass is 16.6. The number of hydrogen-bond acceptors (Lipinski definition) is 5. The molecule has 0 unspecified atom stereocenters. The van der Waals surface area contributed by atoms with E-state index in [-0.39, 0.29) is 12.1 Å². The van der Waals surface area contributed by atoms with Crippen LogP contribution in [0.25, 0.3) is 0 Å². The second-order valence-electron chi connectivity index (χ2n) is 5.67. The highest BCUT2D eigenvalue weighted by Gasteiger charge is 2.09. The molecule has 26 heavy (non-hydrogen) atoms. The van der Waals surface area contributed by atoms with E-state index in [2.05, 4.69) is 15.8 Å². The number of non-ortho nitro benzene ring substituents is 1. The van der Waals surface area contributed by atoms with Gasteiger partial charge in [0.1, 0.15) is 6.42 Å². The van der Waals surface area contributed by atoms with Gasteiger partial charge in [0.05, 0.1) is 11.1 Å². The Morgan fingerprint density at radius 2 is 1.88 bits per heavy atom. The third kappa shape index (κ3) is 5.52. The zero-order valence-electron chi connectivity index (χ0n) is 14.4. The normalized spacial score (nSPS) is 10.5. The molecular weight excluding hydrogens is 336 g/mol. The molecular formula is C18H18N4O4. The van der Waals surface area contributed by atoms with Gasteiger partial charge >= 0.3 is 0 Å². The van der Waals surface area contributed by atoms with E-state index in [1.165, 1.54) is 24.4 Å². The number of nitro groups is 1. The Labute approximate surface area is 150 Å². The molecule has 0 fully saturated rings. The van der Waals surface area contributed by atoms with E-state index in [9.17, 15) is 19.7 Å². The molecule has 2 aromatic rings. The molecule has 0 aliphatic rings. The first-order valence-electron chi connectivity index (χ1n) is 7.78. The standard InChI is InChI=1S/C18H18N4O4/c1-12-6-7-15(8-13(12)2)20-17(23)10-18(24)21-19-11-14-4-3-5-16(9-14)22(25)26/h3-9,11H,10H2,1-2H3,(H,20,23)(H,21,24). The molecule has 2 amide bonds. The summed E-state index contributed by atoms with van der Waals surface area (Å²) in [4.78, 5) is 33.8. The number of nitrogens with zero attached hydrogens (tertiary/aromatic N) is 2. The topological polar surface area (TPSA) is 114 Å². The van der Waals surface area contributed by atoms with Crippen molar-refractivity contribution in [1.82, 2.24) is 5.43 Å². The van der Waals surface area contributed by atoms with Crippen molar-refractivity contribution in [2.75, 3.05) is 5.32 Å². The van der Waals surface area contributed by atoms with E-state index in [1.54, 1.807) is 12.1 Å². The number of amides is 2. The fourth-order valence-electron chi connectivity index (χ4n) is 2.11. The minimum atomic E-state index is -0.590. The Morgan fingerprint density at radius 3 is 2.58 bits per heavy atom. The summed E-state index contributed by atoms with van der Waals surface area (Å²) in [6, 6.07) is 11.3. The Bertz CT molecular complexity index is 877. The number of hydrogen-bond donors (Lipinski definition) is 2. The average Bonchev–Trinajstić information content (AvgIpc) is 2.58. The second kappa shape index (κ2) is 8.52. The van der Waals surface area contributed by atoms with Gasteiger partial charge in [0, 0.05) is 23.4 Å².